The number of likely N-dealkylation sites (tertiary alicyclic amines) is 1. The second-order valence-electron chi connectivity index (χ2n) is 9.83. The van der Waals surface area contributed by atoms with Crippen LogP contribution in [0.4, 0.5) is 5.69 Å². The van der Waals surface area contributed by atoms with Gasteiger partial charge in [-0.1, -0.05) is 41.9 Å². The molecule has 3 heterocycles. The molecule has 0 saturated carbocycles. The molecular weight excluding hydrogens is 448 g/mol. The van der Waals surface area contributed by atoms with Gasteiger partial charge < -0.3 is 19.6 Å². The van der Waals surface area contributed by atoms with Crippen LogP contribution < -0.4 is 4.90 Å². The fourth-order valence-corrected chi connectivity index (χ4v) is 5.62. The van der Waals surface area contributed by atoms with Crippen molar-refractivity contribution in [1.82, 2.24) is 14.7 Å². The Bertz CT molecular complexity index is 1030. The van der Waals surface area contributed by atoms with E-state index >= 15 is 0 Å². The zero-order chi connectivity index (χ0) is 23.7. The minimum atomic E-state index is -0.210. The third-order valence-corrected chi connectivity index (χ3v) is 7.86. The van der Waals surface area contributed by atoms with Crippen LogP contribution in [0.25, 0.3) is 0 Å². The summed E-state index contributed by atoms with van der Waals surface area (Å²) in [5.74, 6) is 0.492. The minimum absolute atomic E-state index is 0.0402. The summed E-state index contributed by atoms with van der Waals surface area (Å²) in [6, 6.07) is 16.0. The molecular formula is C27H33ClN4O2. The summed E-state index contributed by atoms with van der Waals surface area (Å²) < 4.78 is 0. The zero-order valence-corrected chi connectivity index (χ0v) is 20.6. The van der Waals surface area contributed by atoms with Gasteiger partial charge >= 0.3 is 0 Å². The molecule has 34 heavy (non-hydrogen) atoms. The monoisotopic (exact) mass is 480 g/mol. The third-order valence-electron chi connectivity index (χ3n) is 7.61. The molecule has 2 aromatic rings. The summed E-state index contributed by atoms with van der Waals surface area (Å²) >= 11 is 6.08. The molecule has 7 heteroatoms. The van der Waals surface area contributed by atoms with Gasteiger partial charge in [-0.05, 0) is 49.2 Å². The number of hydrogen-bond donors (Lipinski definition) is 0. The number of nitrogens with zero attached hydrogens (tertiary/aromatic N) is 4. The fraction of sp³-hybridized carbons (Fsp3) is 0.481. The molecule has 2 fully saturated rings. The van der Waals surface area contributed by atoms with Crippen molar-refractivity contribution < 1.29 is 9.59 Å². The predicted molar refractivity (Wildman–Crippen MR) is 135 cm³/mol. The Morgan fingerprint density at radius 2 is 1.50 bits per heavy atom. The third kappa shape index (κ3) is 4.80. The normalized spacial score (nSPS) is 21.6. The van der Waals surface area contributed by atoms with Crippen molar-refractivity contribution in [3.63, 3.8) is 0 Å². The number of piperidine rings is 1. The van der Waals surface area contributed by atoms with E-state index in [0.29, 0.717) is 24.7 Å². The summed E-state index contributed by atoms with van der Waals surface area (Å²) in [6.07, 6.45) is 2.24. The van der Waals surface area contributed by atoms with Crippen molar-refractivity contribution in [2.45, 2.75) is 31.8 Å². The molecule has 0 aromatic heterocycles. The maximum Gasteiger partial charge on any atom is 0.245 e. The Labute approximate surface area is 207 Å². The molecule has 5 rings (SSSR count). The van der Waals surface area contributed by atoms with Gasteiger partial charge in [-0.15, -0.1) is 0 Å². The van der Waals surface area contributed by atoms with E-state index in [2.05, 4.69) is 29.0 Å². The van der Waals surface area contributed by atoms with E-state index in [1.807, 2.05) is 46.2 Å². The molecule has 0 spiro atoms. The standard InChI is InChI=1S/C27H33ClN4O2/c1-29-14-16-31(17-15-29)26(33)21-10-12-30(13-11-21)27(34)25-18-22-4-2-3-5-24(22)32(25)19-20-6-8-23(28)9-7-20/h2-9,21,25H,10-19H2,1H3. The van der Waals surface area contributed by atoms with Crippen molar-refractivity contribution in [3.8, 4) is 0 Å². The molecule has 0 bridgehead atoms. The van der Waals surface area contributed by atoms with Crippen molar-refractivity contribution in [3.05, 3.63) is 64.7 Å². The number of hydrogen-bond acceptors (Lipinski definition) is 4. The lowest BCUT2D eigenvalue weighted by atomic mass is 9.94. The maximum atomic E-state index is 13.7. The quantitative estimate of drug-likeness (QED) is 0.673. The first-order valence-electron chi connectivity index (χ1n) is 12.3. The summed E-state index contributed by atoms with van der Waals surface area (Å²) in [4.78, 5) is 35.2. The van der Waals surface area contributed by atoms with E-state index in [4.69, 9.17) is 11.6 Å². The molecule has 6 nitrogen and oxygen atoms in total. The molecule has 0 N–H and O–H groups in total. The Balaban J connectivity index is 1.24. The van der Waals surface area contributed by atoms with Crippen LogP contribution in [0.15, 0.2) is 48.5 Å². The number of fused-ring (bicyclic) bond motifs is 1. The lowest BCUT2D eigenvalue weighted by Gasteiger charge is -2.39. The number of carbonyl (C=O) groups is 2. The van der Waals surface area contributed by atoms with Gasteiger partial charge in [0.05, 0.1) is 0 Å². The highest BCUT2D eigenvalue weighted by molar-refractivity contribution is 6.30. The molecule has 2 amide bonds. The van der Waals surface area contributed by atoms with Gasteiger partial charge in [0, 0.05) is 68.9 Å². The maximum absolute atomic E-state index is 13.7. The molecule has 3 aliphatic rings. The van der Waals surface area contributed by atoms with E-state index in [1.54, 1.807) is 0 Å². The largest absolute Gasteiger partial charge is 0.355 e. The molecule has 2 aromatic carbocycles. The SMILES string of the molecule is CN1CCN(C(=O)C2CCN(C(=O)C3Cc4ccccc4N3Cc3ccc(Cl)cc3)CC2)CC1. The highest BCUT2D eigenvalue weighted by Gasteiger charge is 2.39. The number of likely N-dealkylation sites (N-methyl/N-ethyl adjacent to an activating group) is 1. The van der Waals surface area contributed by atoms with Crippen LogP contribution in [-0.4, -0.2) is 78.9 Å². The first-order valence-corrected chi connectivity index (χ1v) is 12.7. The first-order chi connectivity index (χ1) is 16.5. The second-order valence-corrected chi connectivity index (χ2v) is 10.3. The average molecular weight is 481 g/mol. The van der Waals surface area contributed by atoms with Crippen LogP contribution in [0.3, 0.4) is 0 Å². The summed E-state index contributed by atoms with van der Waals surface area (Å²) in [5.41, 5.74) is 3.49. The molecule has 2 saturated heterocycles. The van der Waals surface area contributed by atoms with Crippen LogP contribution in [0, 0.1) is 5.92 Å². The number of halogens is 1. The van der Waals surface area contributed by atoms with Crippen molar-refractivity contribution >= 4 is 29.1 Å². The molecule has 3 aliphatic heterocycles. The topological polar surface area (TPSA) is 47.1 Å². The van der Waals surface area contributed by atoms with Crippen molar-refractivity contribution in [2.24, 2.45) is 5.92 Å². The van der Waals surface area contributed by atoms with Crippen LogP contribution in [0.5, 0.6) is 0 Å². The molecule has 1 unspecified atom stereocenters. The van der Waals surface area contributed by atoms with Gasteiger partial charge in [0.25, 0.3) is 0 Å². The number of carbonyl (C=O) groups excluding carboxylic acids is 2. The Kier molecular flexibility index (Phi) is 6.79. The number of anilines is 1. The van der Waals surface area contributed by atoms with Gasteiger partial charge in [0.1, 0.15) is 6.04 Å². The molecule has 1 atom stereocenters. The van der Waals surface area contributed by atoms with Crippen LogP contribution in [0.2, 0.25) is 5.02 Å². The lowest BCUT2D eigenvalue weighted by molar-refractivity contribution is -0.142. The molecule has 0 radical (unpaired) electrons. The van der Waals surface area contributed by atoms with Crippen molar-refractivity contribution in [2.75, 3.05) is 51.2 Å². The average Bonchev–Trinajstić information content (AvgIpc) is 3.23. The smallest absolute Gasteiger partial charge is 0.245 e. The number of para-hydroxylation sites is 1. The molecule has 180 valence electrons. The second kappa shape index (κ2) is 9.96. The number of rotatable bonds is 4. The fourth-order valence-electron chi connectivity index (χ4n) is 5.50. The van der Waals surface area contributed by atoms with Gasteiger partial charge in [0.15, 0.2) is 0 Å². The summed E-state index contributed by atoms with van der Waals surface area (Å²) in [6.45, 7) is 5.49. The minimum Gasteiger partial charge on any atom is -0.355 e. The Hall–Kier alpha value is -2.57. The summed E-state index contributed by atoms with van der Waals surface area (Å²) in [7, 11) is 2.10. The summed E-state index contributed by atoms with van der Waals surface area (Å²) in [5, 5.41) is 0.715. The Morgan fingerprint density at radius 1 is 0.853 bits per heavy atom. The van der Waals surface area contributed by atoms with Gasteiger partial charge in [-0.2, -0.15) is 0 Å². The zero-order valence-electron chi connectivity index (χ0n) is 19.8. The predicted octanol–water partition coefficient (Wildman–Crippen LogP) is 3.28. The number of benzene rings is 2. The van der Waals surface area contributed by atoms with Gasteiger partial charge in [-0.3, -0.25) is 9.59 Å². The Morgan fingerprint density at radius 3 is 2.21 bits per heavy atom. The first kappa shape index (κ1) is 23.2. The van der Waals surface area contributed by atoms with Gasteiger partial charge in [0.2, 0.25) is 11.8 Å². The molecule has 0 aliphatic carbocycles. The number of amides is 2. The highest BCUT2D eigenvalue weighted by atomic mass is 35.5. The number of piperazine rings is 1. The van der Waals surface area contributed by atoms with E-state index < -0.39 is 0 Å². The van der Waals surface area contributed by atoms with Crippen molar-refractivity contribution in [1.29, 1.82) is 0 Å². The van der Waals surface area contributed by atoms with E-state index in [0.717, 1.165) is 56.7 Å². The van der Waals surface area contributed by atoms with Gasteiger partial charge in [-0.25, -0.2) is 0 Å². The lowest BCUT2D eigenvalue weighted by Crippen LogP contribution is -2.53. The van der Waals surface area contributed by atoms with E-state index in [9.17, 15) is 9.59 Å². The van der Waals surface area contributed by atoms with Crippen LogP contribution in [-0.2, 0) is 22.6 Å². The van der Waals surface area contributed by atoms with E-state index in [1.165, 1.54) is 5.56 Å². The van der Waals surface area contributed by atoms with Crippen LogP contribution >= 0.6 is 11.6 Å². The highest BCUT2D eigenvalue weighted by Crippen LogP contribution is 2.35. The van der Waals surface area contributed by atoms with E-state index in [-0.39, 0.29) is 23.8 Å². The van der Waals surface area contributed by atoms with Crippen LogP contribution in [0.1, 0.15) is 24.0 Å².